The van der Waals surface area contributed by atoms with E-state index in [0.717, 1.165) is 0 Å². The SMILES string of the molecule is CCCCCC1=CC[C]([Zr])=C1. The molecule has 59 valence electrons. The van der Waals surface area contributed by atoms with E-state index in [1.54, 1.807) is 33.6 Å². The minimum atomic E-state index is 1.24. The molecule has 0 aliphatic heterocycles. The maximum absolute atomic E-state index is 2.39. The molecule has 0 amide bonds. The zero-order chi connectivity index (χ0) is 8.10. The van der Waals surface area contributed by atoms with Gasteiger partial charge in [-0.25, -0.2) is 0 Å². The summed E-state index contributed by atoms with van der Waals surface area (Å²) in [7, 11) is 0. The van der Waals surface area contributed by atoms with Gasteiger partial charge in [0.25, 0.3) is 0 Å². The van der Waals surface area contributed by atoms with Gasteiger partial charge in [0.15, 0.2) is 0 Å². The van der Waals surface area contributed by atoms with E-state index in [4.69, 9.17) is 0 Å². The van der Waals surface area contributed by atoms with Crippen molar-refractivity contribution in [2.24, 2.45) is 0 Å². The Morgan fingerprint density at radius 1 is 1.45 bits per heavy atom. The molecule has 0 N–H and O–H groups in total. The van der Waals surface area contributed by atoms with Gasteiger partial charge in [-0.3, -0.25) is 0 Å². The van der Waals surface area contributed by atoms with Crippen molar-refractivity contribution in [2.45, 2.75) is 39.0 Å². The van der Waals surface area contributed by atoms with Crippen LogP contribution >= 0.6 is 0 Å². The van der Waals surface area contributed by atoms with Crippen molar-refractivity contribution in [1.82, 2.24) is 0 Å². The fourth-order valence-corrected chi connectivity index (χ4v) is 2.04. The predicted molar refractivity (Wildman–Crippen MR) is 44.9 cm³/mol. The van der Waals surface area contributed by atoms with E-state index in [0.29, 0.717) is 0 Å². The summed E-state index contributed by atoms with van der Waals surface area (Å²) in [5.41, 5.74) is 1.59. The number of allylic oxidation sites excluding steroid dienone is 4. The van der Waals surface area contributed by atoms with Crippen LogP contribution in [0, 0.1) is 0 Å². The minimum absolute atomic E-state index is 1.24. The summed E-state index contributed by atoms with van der Waals surface area (Å²) in [6.45, 7) is 2.26. The third-order valence-electron chi connectivity index (χ3n) is 2.01. The third kappa shape index (κ3) is 3.51. The van der Waals surface area contributed by atoms with E-state index in [9.17, 15) is 0 Å². The van der Waals surface area contributed by atoms with Crippen LogP contribution in [0.3, 0.4) is 0 Å². The van der Waals surface area contributed by atoms with Crippen molar-refractivity contribution in [1.29, 1.82) is 0 Å². The molecular weight excluding hydrogens is 211 g/mol. The summed E-state index contributed by atoms with van der Waals surface area (Å²) in [4.78, 5) is 0. The first kappa shape index (κ1) is 9.45. The topological polar surface area (TPSA) is 0 Å². The van der Waals surface area contributed by atoms with Crippen molar-refractivity contribution in [2.75, 3.05) is 0 Å². The second kappa shape index (κ2) is 5.09. The van der Waals surface area contributed by atoms with E-state index in [2.05, 4.69) is 19.1 Å². The van der Waals surface area contributed by atoms with Gasteiger partial charge in [0.05, 0.1) is 0 Å². The summed E-state index contributed by atoms with van der Waals surface area (Å²) in [5, 5.41) is 0. The van der Waals surface area contributed by atoms with Gasteiger partial charge in [0, 0.05) is 0 Å². The van der Waals surface area contributed by atoms with Gasteiger partial charge in [0.2, 0.25) is 0 Å². The number of hydrogen-bond acceptors (Lipinski definition) is 0. The van der Waals surface area contributed by atoms with Crippen LogP contribution in [0.2, 0.25) is 0 Å². The molecule has 0 aromatic heterocycles. The molecule has 0 atom stereocenters. The molecule has 0 spiro atoms. The number of unbranched alkanes of at least 4 members (excludes halogenated alkanes) is 2. The van der Waals surface area contributed by atoms with E-state index >= 15 is 0 Å². The zero-order valence-electron chi connectivity index (χ0n) is 7.19. The molecule has 0 aromatic rings. The first-order chi connectivity index (χ1) is 5.33. The van der Waals surface area contributed by atoms with Gasteiger partial charge >= 0.3 is 84.8 Å². The van der Waals surface area contributed by atoms with Crippen LogP contribution < -0.4 is 0 Å². The Bertz CT molecular complexity index is 177. The molecule has 0 bridgehead atoms. The van der Waals surface area contributed by atoms with Crippen molar-refractivity contribution in [3.8, 4) is 0 Å². The van der Waals surface area contributed by atoms with Gasteiger partial charge in [0.1, 0.15) is 0 Å². The standard InChI is InChI=1S/C10H15.Zr/c1-2-3-4-7-10-8-5-6-9-10;/h8-9H,2-5,7H2,1H3;. The van der Waals surface area contributed by atoms with Crippen LogP contribution in [-0.4, -0.2) is 0 Å². The van der Waals surface area contributed by atoms with Gasteiger partial charge < -0.3 is 0 Å². The molecular formula is C10H15Zr. The Labute approximate surface area is 84.6 Å². The zero-order valence-corrected chi connectivity index (χ0v) is 9.65. The average Bonchev–Trinajstić information content (AvgIpc) is 2.37. The number of hydrogen-bond donors (Lipinski definition) is 0. The van der Waals surface area contributed by atoms with Crippen LogP contribution in [-0.2, 0) is 24.7 Å². The molecule has 0 fully saturated rings. The van der Waals surface area contributed by atoms with E-state index in [1.165, 1.54) is 32.1 Å². The van der Waals surface area contributed by atoms with Gasteiger partial charge in [-0.05, 0) is 0 Å². The monoisotopic (exact) mass is 225 g/mol. The summed E-state index contributed by atoms with van der Waals surface area (Å²) < 4.78 is 1.61. The molecule has 0 radical (unpaired) electrons. The van der Waals surface area contributed by atoms with Crippen molar-refractivity contribution >= 4 is 0 Å². The Kier molecular flexibility index (Phi) is 4.37. The molecule has 0 nitrogen and oxygen atoms in total. The van der Waals surface area contributed by atoms with Gasteiger partial charge in [-0.2, -0.15) is 0 Å². The first-order valence-electron chi connectivity index (χ1n) is 4.44. The molecule has 1 aliphatic rings. The molecule has 0 unspecified atom stereocenters. The van der Waals surface area contributed by atoms with Crippen LogP contribution in [0.4, 0.5) is 0 Å². The molecule has 0 saturated heterocycles. The summed E-state index contributed by atoms with van der Waals surface area (Å²) >= 11 is 1.59. The average molecular weight is 226 g/mol. The molecule has 1 aliphatic carbocycles. The van der Waals surface area contributed by atoms with Gasteiger partial charge in [-0.1, -0.05) is 0 Å². The van der Waals surface area contributed by atoms with Crippen LogP contribution in [0.5, 0.6) is 0 Å². The van der Waals surface area contributed by atoms with Crippen LogP contribution in [0.1, 0.15) is 39.0 Å². The molecule has 1 rings (SSSR count). The van der Waals surface area contributed by atoms with E-state index in [1.807, 2.05) is 0 Å². The Morgan fingerprint density at radius 3 is 2.82 bits per heavy atom. The quantitative estimate of drug-likeness (QED) is 0.645. The predicted octanol–water partition coefficient (Wildman–Crippen LogP) is 3.33. The Hall–Kier alpha value is 0.363. The maximum atomic E-state index is 2.39. The van der Waals surface area contributed by atoms with Gasteiger partial charge in [-0.15, -0.1) is 0 Å². The van der Waals surface area contributed by atoms with Crippen LogP contribution in [0.15, 0.2) is 21.0 Å². The van der Waals surface area contributed by atoms with Crippen molar-refractivity contribution in [3.63, 3.8) is 0 Å². The Morgan fingerprint density at radius 2 is 2.27 bits per heavy atom. The van der Waals surface area contributed by atoms with E-state index < -0.39 is 0 Å². The first-order valence-corrected chi connectivity index (χ1v) is 5.67. The third-order valence-corrected chi connectivity index (χ3v) is 2.87. The fourth-order valence-electron chi connectivity index (χ4n) is 1.34. The van der Waals surface area contributed by atoms with E-state index in [-0.39, 0.29) is 0 Å². The molecule has 0 heterocycles. The van der Waals surface area contributed by atoms with Crippen molar-refractivity contribution < 1.29 is 24.7 Å². The number of rotatable bonds is 4. The molecule has 0 saturated carbocycles. The molecule has 0 aromatic carbocycles. The second-order valence-electron chi connectivity index (χ2n) is 3.11. The van der Waals surface area contributed by atoms with Crippen molar-refractivity contribution in [3.05, 3.63) is 21.0 Å². The Balaban J connectivity index is 2.18. The summed E-state index contributed by atoms with van der Waals surface area (Å²) in [5.74, 6) is 0. The second-order valence-corrected chi connectivity index (χ2v) is 4.69. The summed E-state index contributed by atoms with van der Waals surface area (Å²) in [6.07, 6.45) is 11.4. The summed E-state index contributed by atoms with van der Waals surface area (Å²) in [6, 6.07) is 0. The fraction of sp³-hybridized carbons (Fsp3) is 0.600. The van der Waals surface area contributed by atoms with Crippen LogP contribution in [0.25, 0.3) is 0 Å². The molecule has 1 heteroatoms. The normalized spacial score (nSPS) is 16.4. The molecule has 11 heavy (non-hydrogen) atoms.